The molecule has 0 saturated carbocycles. The van der Waals surface area contributed by atoms with E-state index >= 15 is 0 Å². The van der Waals surface area contributed by atoms with E-state index in [9.17, 15) is 4.79 Å². The first-order valence-electron chi connectivity index (χ1n) is 4.93. The van der Waals surface area contributed by atoms with Gasteiger partial charge in [0, 0.05) is 0 Å². The molecule has 2 rings (SSSR count). The predicted molar refractivity (Wildman–Crippen MR) is 56.4 cm³/mol. The Balaban J connectivity index is 1.96. The van der Waals surface area contributed by atoms with Gasteiger partial charge in [-0.25, -0.2) is 20.2 Å². The molecule has 18 heavy (non-hydrogen) atoms. The van der Waals surface area contributed by atoms with Gasteiger partial charge in [0.1, 0.15) is 12.4 Å². The number of rotatable bonds is 4. The molecule has 0 fully saturated rings. The number of amides is 1. The largest absolute Gasteiger partial charge is 0.289 e. The Morgan fingerprint density at radius 3 is 2.94 bits per heavy atom. The average Bonchev–Trinajstić information content (AvgIpc) is 3.04. The van der Waals surface area contributed by atoms with E-state index in [-0.39, 0.29) is 11.5 Å². The van der Waals surface area contributed by atoms with Crippen LogP contribution in [0.25, 0.3) is 0 Å². The van der Waals surface area contributed by atoms with Crippen molar-refractivity contribution in [2.75, 3.05) is 0 Å². The summed E-state index contributed by atoms with van der Waals surface area (Å²) in [6.07, 6.45) is 2.91. The van der Waals surface area contributed by atoms with Crippen molar-refractivity contribution in [3.05, 3.63) is 24.0 Å². The Morgan fingerprint density at radius 2 is 2.28 bits per heavy atom. The number of aryl methyl sites for hydroxylation is 2. The highest BCUT2D eigenvalue weighted by atomic mass is 16.2. The number of nitrogen functional groups attached to an aromatic ring is 1. The first-order valence-corrected chi connectivity index (χ1v) is 4.93. The summed E-state index contributed by atoms with van der Waals surface area (Å²) >= 11 is 0. The first kappa shape index (κ1) is 11.7. The van der Waals surface area contributed by atoms with Gasteiger partial charge in [-0.2, -0.15) is 5.26 Å². The summed E-state index contributed by atoms with van der Waals surface area (Å²) < 4.78 is 2.97. The van der Waals surface area contributed by atoms with E-state index in [4.69, 9.17) is 11.1 Å². The number of nitriles is 1. The first-order chi connectivity index (χ1) is 8.72. The van der Waals surface area contributed by atoms with Crippen molar-refractivity contribution >= 4 is 5.91 Å². The summed E-state index contributed by atoms with van der Waals surface area (Å²) in [5.74, 6) is 4.57. The highest BCUT2D eigenvalue weighted by Crippen LogP contribution is 1.94. The molecule has 0 spiro atoms. The number of hydrogen-bond donors (Lipinski definition) is 2. The van der Waals surface area contributed by atoms with Gasteiger partial charge in [0.2, 0.25) is 0 Å². The average molecular weight is 247 g/mol. The van der Waals surface area contributed by atoms with E-state index in [1.807, 2.05) is 11.5 Å². The van der Waals surface area contributed by atoms with E-state index in [0.717, 1.165) is 0 Å². The van der Waals surface area contributed by atoms with Gasteiger partial charge >= 0.3 is 0 Å². The molecule has 2 heterocycles. The smallest absolute Gasteiger partial charge is 0.287 e. The van der Waals surface area contributed by atoms with Crippen LogP contribution in [0.2, 0.25) is 0 Å². The van der Waals surface area contributed by atoms with E-state index in [1.54, 1.807) is 0 Å². The molecule has 2 aromatic rings. The highest BCUT2D eigenvalue weighted by molar-refractivity contribution is 5.91. The van der Waals surface area contributed by atoms with E-state index < -0.39 is 5.91 Å². The molecule has 10 heteroatoms. The fourth-order valence-electron chi connectivity index (χ4n) is 1.24. The number of nitrogens with one attached hydrogen (secondary N) is 1. The molecule has 0 saturated heterocycles. The number of hydrazine groups is 1. The van der Waals surface area contributed by atoms with E-state index in [1.165, 1.54) is 21.9 Å². The normalized spacial score (nSPS) is 10.0. The number of hydrogen-bond acceptors (Lipinski definition) is 7. The Morgan fingerprint density at radius 1 is 1.50 bits per heavy atom. The van der Waals surface area contributed by atoms with Crippen LogP contribution in [0, 0.1) is 11.3 Å². The summed E-state index contributed by atoms with van der Waals surface area (Å²) in [6.45, 7) is 0.904. The van der Waals surface area contributed by atoms with Gasteiger partial charge in [0.15, 0.2) is 5.69 Å². The Hall–Kier alpha value is -2.80. The van der Waals surface area contributed by atoms with Crippen LogP contribution in [0.4, 0.5) is 0 Å². The lowest BCUT2D eigenvalue weighted by molar-refractivity contribution is 0.0948. The molecule has 2 aromatic heterocycles. The summed E-state index contributed by atoms with van der Waals surface area (Å²) in [5.41, 5.74) is 2.09. The van der Waals surface area contributed by atoms with Crippen LogP contribution in [-0.2, 0) is 13.1 Å². The number of carbonyl (C=O) groups is 1. The maximum atomic E-state index is 11.1. The second-order valence-corrected chi connectivity index (χ2v) is 3.28. The molecule has 92 valence electrons. The van der Waals surface area contributed by atoms with Crippen molar-refractivity contribution < 1.29 is 4.79 Å². The number of nitrogens with zero attached hydrogens (tertiary/aromatic N) is 7. The van der Waals surface area contributed by atoms with Gasteiger partial charge in [-0.05, 0) is 0 Å². The zero-order chi connectivity index (χ0) is 13.0. The highest BCUT2D eigenvalue weighted by Gasteiger charge is 2.08. The summed E-state index contributed by atoms with van der Waals surface area (Å²) in [7, 11) is 0. The molecule has 10 nitrogen and oxygen atoms in total. The standard InChI is InChI=1S/C8H9N9O/c9-3-7-11-5-17(14-7)2-1-16-4-6(13-15-16)8(18)12-10/h4-5H,1-2,10H2,(H,12,18). The fraction of sp³-hybridized carbons (Fsp3) is 0.250. The summed E-state index contributed by atoms with van der Waals surface area (Å²) in [4.78, 5) is 14.9. The number of carbonyl (C=O) groups excluding carboxylic acids is 1. The maximum Gasteiger partial charge on any atom is 0.287 e. The SMILES string of the molecule is N#Cc1ncn(CCn2cc(C(=O)NN)nn2)n1. The minimum Gasteiger partial charge on any atom is -0.289 e. The quantitative estimate of drug-likeness (QED) is 0.363. The second-order valence-electron chi connectivity index (χ2n) is 3.28. The minimum absolute atomic E-state index is 0.108. The fourth-order valence-corrected chi connectivity index (χ4v) is 1.24. The van der Waals surface area contributed by atoms with Gasteiger partial charge in [0.25, 0.3) is 11.7 Å². The lowest BCUT2D eigenvalue weighted by atomic mass is 10.4. The van der Waals surface area contributed by atoms with E-state index in [2.05, 4.69) is 20.4 Å². The molecule has 1 amide bonds. The number of aromatic nitrogens is 6. The van der Waals surface area contributed by atoms with Crippen LogP contribution < -0.4 is 11.3 Å². The van der Waals surface area contributed by atoms with Crippen molar-refractivity contribution in [2.24, 2.45) is 5.84 Å². The van der Waals surface area contributed by atoms with Gasteiger partial charge in [-0.15, -0.1) is 10.2 Å². The Kier molecular flexibility index (Phi) is 3.26. The van der Waals surface area contributed by atoms with Crippen molar-refractivity contribution in [3.63, 3.8) is 0 Å². The zero-order valence-corrected chi connectivity index (χ0v) is 9.19. The molecule has 0 radical (unpaired) electrons. The maximum absolute atomic E-state index is 11.1. The zero-order valence-electron chi connectivity index (χ0n) is 9.19. The third kappa shape index (κ3) is 2.47. The van der Waals surface area contributed by atoms with Gasteiger partial charge in [0.05, 0.1) is 19.3 Å². The van der Waals surface area contributed by atoms with Gasteiger partial charge in [-0.1, -0.05) is 5.21 Å². The monoisotopic (exact) mass is 247 g/mol. The molecular weight excluding hydrogens is 238 g/mol. The molecule has 0 aliphatic heterocycles. The summed E-state index contributed by atoms with van der Waals surface area (Å²) in [5, 5.41) is 19.8. The molecule has 0 aliphatic rings. The third-order valence-electron chi connectivity index (χ3n) is 2.10. The van der Waals surface area contributed by atoms with Crippen molar-refractivity contribution in [1.82, 2.24) is 35.2 Å². The van der Waals surface area contributed by atoms with Crippen molar-refractivity contribution in [2.45, 2.75) is 13.1 Å². The van der Waals surface area contributed by atoms with Gasteiger partial charge in [-0.3, -0.25) is 10.2 Å². The second kappa shape index (κ2) is 5.02. The molecule has 0 unspecified atom stereocenters. The van der Waals surface area contributed by atoms with Crippen LogP contribution in [0.15, 0.2) is 12.5 Å². The minimum atomic E-state index is -0.506. The Labute approximate surface area is 101 Å². The summed E-state index contributed by atoms with van der Waals surface area (Å²) in [6, 6.07) is 1.83. The van der Waals surface area contributed by atoms with Crippen molar-refractivity contribution in [3.8, 4) is 6.07 Å². The lowest BCUT2D eigenvalue weighted by Crippen LogP contribution is -2.30. The van der Waals surface area contributed by atoms with Crippen LogP contribution in [0.5, 0.6) is 0 Å². The molecule has 0 atom stereocenters. The number of nitrogens with two attached hydrogens (primary N) is 1. The van der Waals surface area contributed by atoms with Crippen molar-refractivity contribution in [1.29, 1.82) is 5.26 Å². The molecular formula is C8H9N9O. The van der Waals surface area contributed by atoms with E-state index in [0.29, 0.717) is 13.1 Å². The van der Waals surface area contributed by atoms with Crippen LogP contribution >= 0.6 is 0 Å². The lowest BCUT2D eigenvalue weighted by Gasteiger charge is -1.99. The predicted octanol–water partition coefficient (Wildman–Crippen LogP) is -1.96. The molecule has 0 bridgehead atoms. The third-order valence-corrected chi connectivity index (χ3v) is 2.10. The van der Waals surface area contributed by atoms with Crippen LogP contribution in [0.1, 0.15) is 16.3 Å². The molecule has 0 aromatic carbocycles. The topological polar surface area (TPSA) is 140 Å². The Bertz CT molecular complexity index is 592. The van der Waals surface area contributed by atoms with Crippen LogP contribution in [-0.4, -0.2) is 35.7 Å². The van der Waals surface area contributed by atoms with Crippen LogP contribution in [0.3, 0.4) is 0 Å². The van der Waals surface area contributed by atoms with Gasteiger partial charge < -0.3 is 0 Å². The molecule has 0 aliphatic carbocycles. The molecule has 3 N–H and O–H groups in total.